The Labute approximate surface area is 114 Å². The molecule has 1 aliphatic rings. The summed E-state index contributed by atoms with van der Waals surface area (Å²) in [5, 5.41) is 2.63. The molecule has 0 radical (unpaired) electrons. The molecule has 1 aromatic heterocycles. The lowest BCUT2D eigenvalue weighted by Gasteiger charge is -2.20. The van der Waals surface area contributed by atoms with Gasteiger partial charge in [0.2, 0.25) is 0 Å². The molecule has 5 heteroatoms. The lowest BCUT2D eigenvalue weighted by atomic mass is 10.2. The molecule has 1 saturated heterocycles. The average molecular weight is 263 g/mol. The highest BCUT2D eigenvalue weighted by Crippen LogP contribution is 2.20. The minimum Gasteiger partial charge on any atom is -0.444 e. The topological polar surface area (TPSA) is 54.5 Å². The number of anilines is 2. The van der Waals surface area contributed by atoms with Crippen LogP contribution in [-0.2, 0) is 4.74 Å². The van der Waals surface area contributed by atoms with Gasteiger partial charge in [-0.3, -0.25) is 5.32 Å². The van der Waals surface area contributed by atoms with E-state index >= 15 is 0 Å². The smallest absolute Gasteiger partial charge is 0.413 e. The van der Waals surface area contributed by atoms with Gasteiger partial charge in [-0.1, -0.05) is 0 Å². The van der Waals surface area contributed by atoms with E-state index in [0.717, 1.165) is 18.8 Å². The van der Waals surface area contributed by atoms with Crippen molar-refractivity contribution in [1.29, 1.82) is 0 Å². The molecule has 0 saturated carbocycles. The average Bonchev–Trinajstić information content (AvgIpc) is 2.80. The van der Waals surface area contributed by atoms with E-state index in [-0.39, 0.29) is 0 Å². The molecule has 1 amide bonds. The number of pyridine rings is 1. The summed E-state index contributed by atoms with van der Waals surface area (Å²) in [6.07, 6.45) is 3.78. The normalized spacial score (nSPS) is 15.4. The molecule has 19 heavy (non-hydrogen) atoms. The molecular formula is C14H21N3O2. The fraction of sp³-hybridized carbons (Fsp3) is 0.571. The number of rotatable bonds is 2. The van der Waals surface area contributed by atoms with Gasteiger partial charge >= 0.3 is 6.09 Å². The van der Waals surface area contributed by atoms with Crippen molar-refractivity contribution in [3.05, 3.63) is 18.3 Å². The number of ether oxygens (including phenoxy) is 1. The molecule has 0 spiro atoms. The first-order chi connectivity index (χ1) is 8.94. The third-order valence-electron chi connectivity index (χ3n) is 2.85. The molecule has 0 bridgehead atoms. The van der Waals surface area contributed by atoms with E-state index in [1.54, 1.807) is 12.3 Å². The molecule has 5 nitrogen and oxygen atoms in total. The Hall–Kier alpha value is -1.78. The van der Waals surface area contributed by atoms with E-state index in [4.69, 9.17) is 4.74 Å². The first-order valence-electron chi connectivity index (χ1n) is 6.65. The van der Waals surface area contributed by atoms with Crippen LogP contribution in [0.1, 0.15) is 33.6 Å². The number of nitrogens with zero attached hydrogens (tertiary/aromatic N) is 2. The van der Waals surface area contributed by atoms with E-state index in [2.05, 4.69) is 15.2 Å². The molecule has 2 rings (SSSR count). The standard InChI is InChI=1S/C14H21N3O2/c1-14(2,3)19-13(18)16-12-7-6-11(10-15-12)17-8-4-5-9-17/h6-7,10H,4-5,8-9H2,1-3H3,(H,15,16,18). The number of nitrogens with one attached hydrogen (secondary N) is 1. The first-order valence-corrected chi connectivity index (χ1v) is 6.65. The van der Waals surface area contributed by atoms with Gasteiger partial charge in [-0.25, -0.2) is 9.78 Å². The van der Waals surface area contributed by atoms with Crippen LogP contribution < -0.4 is 10.2 Å². The summed E-state index contributed by atoms with van der Waals surface area (Å²) in [5.74, 6) is 0.511. The maximum Gasteiger partial charge on any atom is 0.413 e. The van der Waals surface area contributed by atoms with Gasteiger partial charge < -0.3 is 9.64 Å². The Morgan fingerprint density at radius 2 is 2.00 bits per heavy atom. The number of carbonyl (C=O) groups excluding carboxylic acids is 1. The third-order valence-corrected chi connectivity index (χ3v) is 2.85. The summed E-state index contributed by atoms with van der Waals surface area (Å²) in [7, 11) is 0. The first kappa shape index (κ1) is 13.6. The number of carbonyl (C=O) groups is 1. The molecule has 0 unspecified atom stereocenters. The summed E-state index contributed by atoms with van der Waals surface area (Å²) in [6.45, 7) is 7.66. The van der Waals surface area contributed by atoms with Gasteiger partial charge in [0.1, 0.15) is 11.4 Å². The molecular weight excluding hydrogens is 242 g/mol. The van der Waals surface area contributed by atoms with Crippen LogP contribution in [0.5, 0.6) is 0 Å². The molecule has 0 atom stereocenters. The second kappa shape index (κ2) is 5.47. The Morgan fingerprint density at radius 3 is 2.53 bits per heavy atom. The molecule has 1 fully saturated rings. The van der Waals surface area contributed by atoms with Crippen LogP contribution in [0.25, 0.3) is 0 Å². The van der Waals surface area contributed by atoms with Crippen molar-refractivity contribution >= 4 is 17.6 Å². The molecule has 104 valence electrons. The summed E-state index contributed by atoms with van der Waals surface area (Å²) in [4.78, 5) is 18.1. The van der Waals surface area contributed by atoms with Gasteiger partial charge in [-0.15, -0.1) is 0 Å². The predicted octanol–water partition coefficient (Wildman–Crippen LogP) is 3.03. The Kier molecular flexibility index (Phi) is 3.93. The Bertz CT molecular complexity index is 431. The fourth-order valence-electron chi connectivity index (χ4n) is 2.03. The second-order valence-electron chi connectivity index (χ2n) is 5.72. The van der Waals surface area contributed by atoms with Crippen molar-refractivity contribution in [1.82, 2.24) is 4.98 Å². The monoisotopic (exact) mass is 263 g/mol. The van der Waals surface area contributed by atoms with Gasteiger partial charge in [-0.2, -0.15) is 0 Å². The van der Waals surface area contributed by atoms with E-state index in [1.807, 2.05) is 26.8 Å². The maximum atomic E-state index is 11.6. The number of hydrogen-bond acceptors (Lipinski definition) is 4. The maximum absolute atomic E-state index is 11.6. The Balaban J connectivity index is 1.93. The van der Waals surface area contributed by atoms with Crippen molar-refractivity contribution in [3.63, 3.8) is 0 Å². The minimum absolute atomic E-state index is 0.478. The zero-order valence-corrected chi connectivity index (χ0v) is 11.8. The fourth-order valence-corrected chi connectivity index (χ4v) is 2.03. The van der Waals surface area contributed by atoms with Crippen LogP contribution >= 0.6 is 0 Å². The number of hydrogen-bond donors (Lipinski definition) is 1. The quantitative estimate of drug-likeness (QED) is 0.891. The van der Waals surface area contributed by atoms with Crippen LogP contribution in [0.15, 0.2) is 18.3 Å². The van der Waals surface area contributed by atoms with Gasteiger partial charge in [-0.05, 0) is 45.7 Å². The SMILES string of the molecule is CC(C)(C)OC(=O)Nc1ccc(N2CCCC2)cn1. The third kappa shape index (κ3) is 4.12. The van der Waals surface area contributed by atoms with Gasteiger partial charge in [0.15, 0.2) is 0 Å². The van der Waals surface area contributed by atoms with E-state index in [9.17, 15) is 4.79 Å². The van der Waals surface area contributed by atoms with E-state index < -0.39 is 11.7 Å². The molecule has 0 aliphatic carbocycles. The van der Waals surface area contributed by atoms with Crippen LogP contribution in [0.3, 0.4) is 0 Å². The van der Waals surface area contributed by atoms with Gasteiger partial charge in [0, 0.05) is 13.1 Å². The van der Waals surface area contributed by atoms with Crippen molar-refractivity contribution in [2.45, 2.75) is 39.2 Å². The van der Waals surface area contributed by atoms with Gasteiger partial charge in [0.25, 0.3) is 0 Å². The summed E-state index contributed by atoms with van der Waals surface area (Å²) in [5.41, 5.74) is 0.604. The summed E-state index contributed by atoms with van der Waals surface area (Å²) < 4.78 is 5.17. The summed E-state index contributed by atoms with van der Waals surface area (Å²) in [6, 6.07) is 3.78. The molecule has 1 N–H and O–H groups in total. The lowest BCUT2D eigenvalue weighted by molar-refractivity contribution is 0.0635. The molecule has 1 aromatic rings. The highest BCUT2D eigenvalue weighted by Gasteiger charge is 2.17. The minimum atomic E-state index is -0.500. The predicted molar refractivity (Wildman–Crippen MR) is 75.5 cm³/mol. The largest absolute Gasteiger partial charge is 0.444 e. The number of amides is 1. The molecule has 1 aliphatic heterocycles. The lowest BCUT2D eigenvalue weighted by Crippen LogP contribution is -2.27. The zero-order valence-electron chi connectivity index (χ0n) is 11.8. The van der Waals surface area contributed by atoms with Crippen LogP contribution in [0.4, 0.5) is 16.3 Å². The van der Waals surface area contributed by atoms with Crippen molar-refractivity contribution in [2.24, 2.45) is 0 Å². The molecule has 2 heterocycles. The van der Waals surface area contributed by atoms with Crippen molar-refractivity contribution in [3.8, 4) is 0 Å². The van der Waals surface area contributed by atoms with Crippen molar-refractivity contribution < 1.29 is 9.53 Å². The highest BCUT2D eigenvalue weighted by atomic mass is 16.6. The second-order valence-corrected chi connectivity index (χ2v) is 5.72. The van der Waals surface area contributed by atoms with Crippen LogP contribution in [-0.4, -0.2) is 29.8 Å². The van der Waals surface area contributed by atoms with E-state index in [0.29, 0.717) is 5.82 Å². The molecule has 0 aromatic carbocycles. The zero-order chi connectivity index (χ0) is 13.9. The number of aromatic nitrogens is 1. The summed E-state index contributed by atoms with van der Waals surface area (Å²) >= 11 is 0. The van der Waals surface area contributed by atoms with Crippen molar-refractivity contribution in [2.75, 3.05) is 23.3 Å². The van der Waals surface area contributed by atoms with Crippen LogP contribution in [0, 0.1) is 0 Å². The van der Waals surface area contributed by atoms with E-state index in [1.165, 1.54) is 12.8 Å². The van der Waals surface area contributed by atoms with Gasteiger partial charge in [0.05, 0.1) is 11.9 Å². The highest BCUT2D eigenvalue weighted by molar-refractivity contribution is 5.83. The van der Waals surface area contributed by atoms with Crippen LogP contribution in [0.2, 0.25) is 0 Å². The Morgan fingerprint density at radius 1 is 1.32 bits per heavy atom.